The van der Waals surface area contributed by atoms with E-state index in [1.165, 1.54) is 4.31 Å². The topological polar surface area (TPSA) is 87.2 Å². The highest BCUT2D eigenvalue weighted by Gasteiger charge is 2.27. The van der Waals surface area contributed by atoms with Crippen LogP contribution in [0.3, 0.4) is 0 Å². The van der Waals surface area contributed by atoms with E-state index in [2.05, 4.69) is 4.90 Å². The van der Waals surface area contributed by atoms with E-state index in [9.17, 15) is 13.2 Å². The molecule has 22 heavy (non-hydrogen) atoms. The lowest BCUT2D eigenvalue weighted by atomic mass is 10.3. The third kappa shape index (κ3) is 4.51. The van der Waals surface area contributed by atoms with E-state index < -0.39 is 16.0 Å². The highest BCUT2D eigenvalue weighted by atomic mass is 32.2. The number of piperazine rings is 1. The first-order chi connectivity index (χ1) is 10.5. The van der Waals surface area contributed by atoms with Crippen molar-refractivity contribution in [2.75, 3.05) is 45.9 Å². The first-order valence-corrected chi connectivity index (χ1v) is 8.51. The van der Waals surface area contributed by atoms with Gasteiger partial charge in [-0.2, -0.15) is 4.31 Å². The third-order valence-corrected chi connectivity index (χ3v) is 5.40. The highest BCUT2D eigenvalue weighted by Crippen LogP contribution is 2.16. The molecule has 0 bridgehead atoms. The molecule has 0 unspecified atom stereocenters. The summed E-state index contributed by atoms with van der Waals surface area (Å²) in [5.74, 6) is -0.987. The Morgan fingerprint density at radius 3 is 2.36 bits per heavy atom. The molecule has 1 heterocycles. The predicted molar refractivity (Wildman–Crippen MR) is 80.1 cm³/mol. The predicted octanol–water partition coefficient (Wildman–Crippen LogP) is 0.0941. The van der Waals surface area contributed by atoms with Crippen LogP contribution in [-0.2, 0) is 19.6 Å². The molecule has 1 fully saturated rings. The molecule has 0 spiro atoms. The van der Waals surface area contributed by atoms with E-state index >= 15 is 0 Å². The summed E-state index contributed by atoms with van der Waals surface area (Å²) >= 11 is 0. The molecule has 1 aliphatic heterocycles. The van der Waals surface area contributed by atoms with Crippen LogP contribution < -0.4 is 0 Å². The number of hydrogen-bond donors (Lipinski definition) is 1. The van der Waals surface area contributed by atoms with Crippen molar-refractivity contribution in [3.05, 3.63) is 30.3 Å². The summed E-state index contributed by atoms with van der Waals surface area (Å²) in [7, 11) is -3.42. The van der Waals surface area contributed by atoms with E-state index in [1.54, 1.807) is 30.3 Å². The van der Waals surface area contributed by atoms with Gasteiger partial charge >= 0.3 is 5.97 Å². The zero-order valence-electron chi connectivity index (χ0n) is 12.2. The standard InChI is InChI=1S/C14H20N2O5S/c17-14(18)12-21-11-10-15-6-8-16(9-7-15)22(19,20)13-4-2-1-3-5-13/h1-5H,6-12H2,(H,17,18). The van der Waals surface area contributed by atoms with Crippen molar-refractivity contribution in [3.63, 3.8) is 0 Å². The maximum Gasteiger partial charge on any atom is 0.329 e. The van der Waals surface area contributed by atoms with E-state index in [-0.39, 0.29) is 6.61 Å². The van der Waals surface area contributed by atoms with Gasteiger partial charge in [0.15, 0.2) is 0 Å². The van der Waals surface area contributed by atoms with Crippen molar-refractivity contribution in [1.82, 2.24) is 9.21 Å². The normalized spacial score (nSPS) is 17.5. The molecule has 1 aromatic carbocycles. The van der Waals surface area contributed by atoms with Gasteiger partial charge in [0.1, 0.15) is 6.61 Å². The molecule has 1 saturated heterocycles. The van der Waals surface area contributed by atoms with E-state index in [1.807, 2.05) is 0 Å². The van der Waals surface area contributed by atoms with Gasteiger partial charge in [-0.05, 0) is 12.1 Å². The number of carboxylic acids is 1. The fourth-order valence-electron chi connectivity index (χ4n) is 2.29. The monoisotopic (exact) mass is 328 g/mol. The van der Waals surface area contributed by atoms with Gasteiger partial charge in [-0.25, -0.2) is 13.2 Å². The second kappa shape index (κ2) is 7.68. The Hall–Kier alpha value is -1.48. The van der Waals surface area contributed by atoms with E-state index in [0.29, 0.717) is 44.2 Å². The fourth-order valence-corrected chi connectivity index (χ4v) is 3.73. The molecule has 1 aliphatic rings. The number of ether oxygens (including phenoxy) is 1. The van der Waals surface area contributed by atoms with Gasteiger partial charge in [0, 0.05) is 32.7 Å². The van der Waals surface area contributed by atoms with Crippen LogP contribution in [0.15, 0.2) is 35.2 Å². The van der Waals surface area contributed by atoms with Gasteiger partial charge < -0.3 is 9.84 Å². The molecule has 0 radical (unpaired) electrons. The largest absolute Gasteiger partial charge is 0.480 e. The maximum absolute atomic E-state index is 12.4. The lowest BCUT2D eigenvalue weighted by molar-refractivity contribution is -0.142. The Kier molecular flexibility index (Phi) is 5.90. The van der Waals surface area contributed by atoms with Crippen LogP contribution >= 0.6 is 0 Å². The average molecular weight is 328 g/mol. The fraction of sp³-hybridized carbons (Fsp3) is 0.500. The van der Waals surface area contributed by atoms with Gasteiger partial charge in [-0.3, -0.25) is 4.90 Å². The minimum absolute atomic E-state index is 0.303. The molecule has 0 aliphatic carbocycles. The number of carbonyl (C=O) groups is 1. The molecule has 0 amide bonds. The van der Waals surface area contributed by atoms with Gasteiger partial charge in [0.05, 0.1) is 11.5 Å². The Labute approximate surface area is 130 Å². The Morgan fingerprint density at radius 1 is 1.14 bits per heavy atom. The zero-order valence-corrected chi connectivity index (χ0v) is 13.0. The number of benzene rings is 1. The van der Waals surface area contributed by atoms with Crippen LogP contribution in [0.5, 0.6) is 0 Å². The lowest BCUT2D eigenvalue weighted by Gasteiger charge is -2.33. The summed E-state index contributed by atoms with van der Waals surface area (Å²) in [5.41, 5.74) is 0. The van der Waals surface area contributed by atoms with E-state index in [4.69, 9.17) is 9.84 Å². The number of aliphatic carboxylic acids is 1. The van der Waals surface area contributed by atoms with Crippen molar-refractivity contribution in [2.24, 2.45) is 0 Å². The molecular formula is C14H20N2O5S. The van der Waals surface area contributed by atoms with Crippen LogP contribution in [0.1, 0.15) is 0 Å². The molecule has 0 saturated carbocycles. The molecule has 7 nitrogen and oxygen atoms in total. The lowest BCUT2D eigenvalue weighted by Crippen LogP contribution is -2.49. The summed E-state index contributed by atoms with van der Waals surface area (Å²) < 4.78 is 31.4. The molecule has 8 heteroatoms. The van der Waals surface area contributed by atoms with Crippen molar-refractivity contribution in [1.29, 1.82) is 0 Å². The average Bonchev–Trinajstić information content (AvgIpc) is 2.53. The van der Waals surface area contributed by atoms with Gasteiger partial charge in [0.25, 0.3) is 0 Å². The van der Waals surface area contributed by atoms with Crippen molar-refractivity contribution in [2.45, 2.75) is 4.90 Å². The second-order valence-electron chi connectivity index (χ2n) is 5.01. The molecule has 122 valence electrons. The van der Waals surface area contributed by atoms with Crippen molar-refractivity contribution >= 4 is 16.0 Å². The van der Waals surface area contributed by atoms with Crippen LogP contribution in [0, 0.1) is 0 Å². The molecule has 2 rings (SSSR count). The van der Waals surface area contributed by atoms with Gasteiger partial charge in [0.2, 0.25) is 10.0 Å². The quantitative estimate of drug-likeness (QED) is 0.714. The minimum atomic E-state index is -3.42. The summed E-state index contributed by atoms with van der Waals surface area (Å²) in [6.45, 7) is 2.71. The maximum atomic E-state index is 12.4. The highest BCUT2D eigenvalue weighted by molar-refractivity contribution is 7.89. The summed E-state index contributed by atoms with van der Waals surface area (Å²) in [5, 5.41) is 8.47. The minimum Gasteiger partial charge on any atom is -0.480 e. The second-order valence-corrected chi connectivity index (χ2v) is 6.94. The third-order valence-electron chi connectivity index (χ3n) is 3.49. The summed E-state index contributed by atoms with van der Waals surface area (Å²) in [4.78, 5) is 12.7. The Balaban J connectivity index is 1.81. The van der Waals surface area contributed by atoms with Gasteiger partial charge in [-0.1, -0.05) is 18.2 Å². The number of nitrogens with zero attached hydrogens (tertiary/aromatic N) is 2. The van der Waals surface area contributed by atoms with Crippen molar-refractivity contribution in [3.8, 4) is 0 Å². The Bertz CT molecular complexity index is 583. The van der Waals surface area contributed by atoms with Crippen LogP contribution in [0.4, 0.5) is 0 Å². The van der Waals surface area contributed by atoms with Crippen molar-refractivity contribution < 1.29 is 23.1 Å². The first kappa shape index (κ1) is 16.9. The summed E-state index contributed by atoms with van der Waals surface area (Å²) in [6, 6.07) is 8.41. The number of sulfonamides is 1. The molecule has 1 N–H and O–H groups in total. The Morgan fingerprint density at radius 2 is 1.77 bits per heavy atom. The number of rotatable bonds is 7. The molecule has 0 aromatic heterocycles. The van der Waals surface area contributed by atoms with E-state index in [0.717, 1.165) is 0 Å². The number of carboxylic acid groups (broad SMARTS) is 1. The van der Waals surface area contributed by atoms with Crippen LogP contribution in [0.25, 0.3) is 0 Å². The SMILES string of the molecule is O=C(O)COCCN1CCN(S(=O)(=O)c2ccccc2)CC1. The van der Waals surface area contributed by atoms with Crippen LogP contribution in [-0.4, -0.2) is 74.6 Å². The smallest absolute Gasteiger partial charge is 0.329 e. The zero-order chi connectivity index (χ0) is 16.0. The summed E-state index contributed by atoms with van der Waals surface area (Å²) in [6.07, 6.45) is 0. The van der Waals surface area contributed by atoms with Gasteiger partial charge in [-0.15, -0.1) is 0 Å². The number of hydrogen-bond acceptors (Lipinski definition) is 5. The van der Waals surface area contributed by atoms with Crippen LogP contribution in [0.2, 0.25) is 0 Å². The molecule has 1 aromatic rings. The molecular weight excluding hydrogens is 308 g/mol. The first-order valence-electron chi connectivity index (χ1n) is 7.07. The molecule has 0 atom stereocenters.